The molecule has 5 nitrogen and oxygen atoms in total. The molecule has 0 saturated carbocycles. The first kappa shape index (κ1) is 16.5. The molecule has 0 bridgehead atoms. The molecule has 4 rings (SSSR count). The van der Waals surface area contributed by atoms with Gasteiger partial charge < -0.3 is 9.72 Å². The monoisotopic (exact) mass is 406 g/mol. The van der Waals surface area contributed by atoms with Crippen molar-refractivity contribution in [2.24, 2.45) is 0 Å². The van der Waals surface area contributed by atoms with Crippen LogP contribution in [0.2, 0.25) is 0 Å². The molecule has 128 valence electrons. The highest BCUT2D eigenvalue weighted by Crippen LogP contribution is 2.23. The van der Waals surface area contributed by atoms with E-state index in [1.54, 1.807) is 12.3 Å². The van der Waals surface area contributed by atoms with Gasteiger partial charge in [-0.25, -0.2) is 4.98 Å². The largest absolute Gasteiger partial charge is 0.322 e. The van der Waals surface area contributed by atoms with Crippen molar-refractivity contribution in [3.8, 4) is 11.3 Å². The van der Waals surface area contributed by atoms with Crippen molar-refractivity contribution >= 4 is 33.2 Å². The van der Waals surface area contributed by atoms with E-state index < -0.39 is 0 Å². The van der Waals surface area contributed by atoms with Crippen LogP contribution < -0.4 is 5.32 Å². The Hall–Kier alpha value is -2.99. The van der Waals surface area contributed by atoms with Gasteiger partial charge >= 0.3 is 0 Å². The van der Waals surface area contributed by atoms with Gasteiger partial charge in [-0.15, -0.1) is 0 Å². The Bertz CT molecular complexity index is 1120. The summed E-state index contributed by atoms with van der Waals surface area (Å²) < 4.78 is 2.75. The molecule has 0 atom stereocenters. The molecule has 1 amide bonds. The third-order valence-corrected chi connectivity index (χ3v) is 4.43. The van der Waals surface area contributed by atoms with Crippen molar-refractivity contribution < 1.29 is 4.79 Å². The molecule has 0 aliphatic rings. The van der Waals surface area contributed by atoms with Crippen LogP contribution >= 0.6 is 15.9 Å². The van der Waals surface area contributed by atoms with Crippen LogP contribution in [0, 0.1) is 6.92 Å². The Morgan fingerprint density at radius 3 is 2.88 bits per heavy atom. The predicted octanol–water partition coefficient (Wildman–Crippen LogP) is 4.72. The fraction of sp³-hybridized carbons (Fsp3) is 0.0500. The highest BCUT2D eigenvalue weighted by atomic mass is 79.9. The molecule has 0 spiro atoms. The SMILES string of the molecule is Cc1ccn2cc(-c3cccc(NC(=O)c4cncc(Br)c4)c3)nc2c1. The maximum Gasteiger partial charge on any atom is 0.257 e. The smallest absolute Gasteiger partial charge is 0.257 e. The molecule has 4 aromatic rings. The molecule has 0 aliphatic carbocycles. The molecule has 0 aliphatic heterocycles. The van der Waals surface area contributed by atoms with Crippen molar-refractivity contribution in [1.29, 1.82) is 0 Å². The van der Waals surface area contributed by atoms with Gasteiger partial charge in [-0.2, -0.15) is 0 Å². The number of nitrogens with one attached hydrogen (secondary N) is 1. The van der Waals surface area contributed by atoms with Crippen LogP contribution in [0.5, 0.6) is 0 Å². The predicted molar refractivity (Wildman–Crippen MR) is 105 cm³/mol. The molecule has 1 N–H and O–H groups in total. The third kappa shape index (κ3) is 3.36. The topological polar surface area (TPSA) is 59.3 Å². The van der Waals surface area contributed by atoms with E-state index in [0.29, 0.717) is 11.3 Å². The van der Waals surface area contributed by atoms with E-state index in [1.165, 1.54) is 11.8 Å². The van der Waals surface area contributed by atoms with Crippen molar-refractivity contribution in [3.63, 3.8) is 0 Å². The van der Waals surface area contributed by atoms with Crippen LogP contribution in [0.4, 0.5) is 5.69 Å². The average Bonchev–Trinajstić information content (AvgIpc) is 3.05. The molecule has 6 heteroatoms. The number of carbonyl (C=O) groups excluding carboxylic acids is 1. The number of rotatable bonds is 3. The number of imidazole rings is 1. The molecule has 1 aromatic carbocycles. The molecule has 3 heterocycles. The van der Waals surface area contributed by atoms with Gasteiger partial charge in [0.25, 0.3) is 5.91 Å². The molecule has 0 fully saturated rings. The maximum atomic E-state index is 12.4. The van der Waals surface area contributed by atoms with E-state index in [2.05, 4.69) is 31.2 Å². The minimum Gasteiger partial charge on any atom is -0.322 e. The summed E-state index contributed by atoms with van der Waals surface area (Å²) in [6.45, 7) is 2.04. The Kier molecular flexibility index (Phi) is 4.26. The lowest BCUT2D eigenvalue weighted by Gasteiger charge is -2.06. The number of fused-ring (bicyclic) bond motifs is 1. The zero-order valence-corrected chi connectivity index (χ0v) is 15.6. The average molecular weight is 407 g/mol. The van der Waals surface area contributed by atoms with Crippen LogP contribution in [0.1, 0.15) is 15.9 Å². The highest BCUT2D eigenvalue weighted by molar-refractivity contribution is 9.10. The lowest BCUT2D eigenvalue weighted by atomic mass is 10.1. The van der Waals surface area contributed by atoms with Crippen LogP contribution in [0.3, 0.4) is 0 Å². The summed E-state index contributed by atoms with van der Waals surface area (Å²) in [6, 6.07) is 13.5. The Labute approximate surface area is 158 Å². The number of benzene rings is 1. The maximum absolute atomic E-state index is 12.4. The van der Waals surface area contributed by atoms with E-state index in [1.807, 2.05) is 60.1 Å². The summed E-state index contributed by atoms with van der Waals surface area (Å²) >= 11 is 3.33. The minimum atomic E-state index is -0.207. The van der Waals surface area contributed by atoms with Crippen molar-refractivity contribution in [2.75, 3.05) is 5.32 Å². The lowest BCUT2D eigenvalue weighted by Crippen LogP contribution is -2.12. The van der Waals surface area contributed by atoms with Gasteiger partial charge in [-0.1, -0.05) is 12.1 Å². The number of carbonyl (C=O) groups is 1. The van der Waals surface area contributed by atoms with E-state index in [4.69, 9.17) is 0 Å². The summed E-state index contributed by atoms with van der Waals surface area (Å²) in [5.41, 5.74) is 5.06. The van der Waals surface area contributed by atoms with Gasteiger partial charge in [0.15, 0.2) is 0 Å². The lowest BCUT2D eigenvalue weighted by molar-refractivity contribution is 0.102. The third-order valence-electron chi connectivity index (χ3n) is 4.00. The molecule has 0 unspecified atom stereocenters. The number of hydrogen-bond donors (Lipinski definition) is 1. The van der Waals surface area contributed by atoms with Crippen molar-refractivity contribution in [1.82, 2.24) is 14.4 Å². The standard InChI is InChI=1S/C20H15BrN4O/c1-13-5-6-25-12-18(24-19(25)7-13)14-3-2-4-17(9-14)23-20(26)15-8-16(21)11-22-10-15/h2-12H,1H3,(H,23,26). The molecule has 0 saturated heterocycles. The Morgan fingerprint density at radius 2 is 2.04 bits per heavy atom. The van der Waals surface area contributed by atoms with Crippen LogP contribution in [0.25, 0.3) is 16.9 Å². The number of amides is 1. The van der Waals surface area contributed by atoms with E-state index in [-0.39, 0.29) is 5.91 Å². The molecule has 0 radical (unpaired) electrons. The van der Waals surface area contributed by atoms with E-state index in [9.17, 15) is 4.79 Å². The van der Waals surface area contributed by atoms with Crippen molar-refractivity contribution in [3.05, 3.63) is 82.9 Å². The van der Waals surface area contributed by atoms with Gasteiger partial charge in [-0.3, -0.25) is 9.78 Å². The number of nitrogens with zero attached hydrogens (tertiary/aromatic N) is 3. The summed E-state index contributed by atoms with van der Waals surface area (Å²) in [5.74, 6) is -0.207. The number of pyridine rings is 2. The van der Waals surface area contributed by atoms with Crippen LogP contribution in [-0.2, 0) is 0 Å². The number of halogens is 1. The second kappa shape index (κ2) is 6.72. The molecule has 3 aromatic heterocycles. The summed E-state index contributed by atoms with van der Waals surface area (Å²) in [5, 5.41) is 2.90. The number of hydrogen-bond acceptors (Lipinski definition) is 3. The number of aromatic nitrogens is 3. The zero-order chi connectivity index (χ0) is 18.1. The van der Waals surface area contributed by atoms with Gasteiger partial charge in [-0.05, 0) is 58.7 Å². The number of aryl methyl sites for hydroxylation is 1. The van der Waals surface area contributed by atoms with E-state index >= 15 is 0 Å². The summed E-state index contributed by atoms with van der Waals surface area (Å²) in [6.07, 6.45) is 7.15. The zero-order valence-electron chi connectivity index (χ0n) is 14.0. The molecular weight excluding hydrogens is 392 g/mol. The first-order valence-corrected chi connectivity index (χ1v) is 8.85. The second-order valence-electron chi connectivity index (χ2n) is 6.02. The quantitative estimate of drug-likeness (QED) is 0.535. The molecule has 26 heavy (non-hydrogen) atoms. The number of anilines is 1. The van der Waals surface area contributed by atoms with Crippen molar-refractivity contribution in [2.45, 2.75) is 6.92 Å². The van der Waals surface area contributed by atoms with Crippen LogP contribution in [-0.4, -0.2) is 20.3 Å². The van der Waals surface area contributed by atoms with Gasteiger partial charge in [0.2, 0.25) is 0 Å². The summed E-state index contributed by atoms with van der Waals surface area (Å²) in [4.78, 5) is 21.1. The van der Waals surface area contributed by atoms with Gasteiger partial charge in [0, 0.05) is 40.5 Å². The Morgan fingerprint density at radius 1 is 1.15 bits per heavy atom. The van der Waals surface area contributed by atoms with Gasteiger partial charge in [0.05, 0.1) is 11.3 Å². The van der Waals surface area contributed by atoms with E-state index in [0.717, 1.165) is 21.4 Å². The second-order valence-corrected chi connectivity index (χ2v) is 6.94. The summed E-state index contributed by atoms with van der Waals surface area (Å²) in [7, 11) is 0. The van der Waals surface area contributed by atoms with Gasteiger partial charge in [0.1, 0.15) is 5.65 Å². The Balaban J connectivity index is 1.62. The normalized spacial score (nSPS) is 10.8. The fourth-order valence-corrected chi connectivity index (χ4v) is 3.08. The highest BCUT2D eigenvalue weighted by Gasteiger charge is 2.09. The first-order chi connectivity index (χ1) is 12.6. The minimum absolute atomic E-state index is 0.207. The van der Waals surface area contributed by atoms with Crippen LogP contribution in [0.15, 0.2) is 71.7 Å². The molecular formula is C20H15BrN4O. The fourth-order valence-electron chi connectivity index (χ4n) is 2.72. The first-order valence-electron chi connectivity index (χ1n) is 8.06.